The predicted molar refractivity (Wildman–Crippen MR) is 96.7 cm³/mol. The molecule has 0 saturated heterocycles. The highest BCUT2D eigenvalue weighted by atomic mass is 35.5. The van der Waals surface area contributed by atoms with Gasteiger partial charge in [0, 0.05) is 16.7 Å². The van der Waals surface area contributed by atoms with E-state index in [1.54, 1.807) is 16.9 Å². The second-order valence-corrected chi connectivity index (χ2v) is 6.20. The molecule has 3 rings (SSSR count). The van der Waals surface area contributed by atoms with Crippen molar-refractivity contribution in [2.75, 3.05) is 5.32 Å². The normalized spacial score (nSPS) is 10.6. The number of nitrogens with one attached hydrogen (secondary N) is 1. The van der Waals surface area contributed by atoms with E-state index in [1.165, 1.54) is 0 Å². The average molecular weight is 340 g/mol. The Labute approximate surface area is 146 Å². The molecule has 122 valence electrons. The lowest BCUT2D eigenvalue weighted by Crippen LogP contribution is -2.16. The lowest BCUT2D eigenvalue weighted by atomic mass is 10.1. The highest BCUT2D eigenvalue weighted by Crippen LogP contribution is 2.19. The number of carbonyl (C=O) groups is 1. The summed E-state index contributed by atoms with van der Waals surface area (Å²) in [5.41, 5.74) is 3.71. The number of aryl methyl sites for hydroxylation is 2. The van der Waals surface area contributed by atoms with Gasteiger partial charge in [-0.2, -0.15) is 5.10 Å². The number of hydrogen-bond donors (Lipinski definition) is 1. The van der Waals surface area contributed by atoms with E-state index in [4.69, 9.17) is 11.6 Å². The molecule has 0 aliphatic heterocycles. The molecule has 1 heterocycles. The summed E-state index contributed by atoms with van der Waals surface area (Å²) in [5, 5.41) is 7.88. The Kier molecular flexibility index (Phi) is 4.67. The first-order valence-corrected chi connectivity index (χ1v) is 8.05. The van der Waals surface area contributed by atoms with Crippen LogP contribution < -0.4 is 5.32 Å². The van der Waals surface area contributed by atoms with E-state index < -0.39 is 0 Å². The molecule has 1 amide bonds. The van der Waals surface area contributed by atoms with Crippen molar-refractivity contribution in [2.24, 2.45) is 0 Å². The van der Waals surface area contributed by atoms with Gasteiger partial charge in [0.2, 0.25) is 0 Å². The number of anilines is 1. The molecule has 0 radical (unpaired) electrons. The Morgan fingerprint density at radius 1 is 1.12 bits per heavy atom. The number of nitrogens with zero attached hydrogens (tertiary/aromatic N) is 2. The van der Waals surface area contributed by atoms with Crippen molar-refractivity contribution >= 4 is 23.3 Å². The first kappa shape index (κ1) is 16.3. The molecule has 1 aromatic heterocycles. The Morgan fingerprint density at radius 3 is 2.54 bits per heavy atom. The maximum atomic E-state index is 12.5. The van der Waals surface area contributed by atoms with Crippen LogP contribution in [0.15, 0.2) is 54.7 Å². The van der Waals surface area contributed by atoms with Crippen LogP contribution in [0.1, 0.15) is 27.0 Å². The van der Waals surface area contributed by atoms with Crippen molar-refractivity contribution in [3.63, 3.8) is 0 Å². The van der Waals surface area contributed by atoms with E-state index in [0.29, 0.717) is 22.9 Å². The Balaban J connectivity index is 1.80. The van der Waals surface area contributed by atoms with Gasteiger partial charge in [-0.15, -0.1) is 0 Å². The van der Waals surface area contributed by atoms with E-state index >= 15 is 0 Å². The Bertz CT molecular complexity index is 866. The molecule has 0 spiro atoms. The molecule has 5 heteroatoms. The van der Waals surface area contributed by atoms with E-state index in [0.717, 1.165) is 16.7 Å². The van der Waals surface area contributed by atoms with Crippen LogP contribution in [0.3, 0.4) is 0 Å². The third kappa shape index (κ3) is 3.66. The van der Waals surface area contributed by atoms with Gasteiger partial charge in [-0.25, -0.2) is 4.68 Å². The molecule has 0 aliphatic rings. The van der Waals surface area contributed by atoms with Crippen LogP contribution >= 0.6 is 11.6 Å². The summed E-state index contributed by atoms with van der Waals surface area (Å²) in [4.78, 5) is 12.5. The summed E-state index contributed by atoms with van der Waals surface area (Å²) in [6.45, 7) is 4.45. The van der Waals surface area contributed by atoms with E-state index in [9.17, 15) is 4.79 Å². The van der Waals surface area contributed by atoms with Gasteiger partial charge in [0.1, 0.15) is 5.82 Å². The topological polar surface area (TPSA) is 46.9 Å². The third-order valence-corrected chi connectivity index (χ3v) is 4.09. The zero-order chi connectivity index (χ0) is 17.1. The summed E-state index contributed by atoms with van der Waals surface area (Å²) in [5.74, 6) is 0.488. The van der Waals surface area contributed by atoms with Gasteiger partial charge >= 0.3 is 0 Å². The highest BCUT2D eigenvalue weighted by molar-refractivity contribution is 6.31. The SMILES string of the molecule is Cc1cc(C)cc(C(=O)Nc2ccnn2Cc2ccccc2Cl)c1. The minimum atomic E-state index is -0.150. The molecule has 1 N–H and O–H groups in total. The molecular formula is C19H18ClN3O. The van der Waals surface area contributed by atoms with Crippen LogP contribution in [-0.4, -0.2) is 15.7 Å². The largest absolute Gasteiger partial charge is 0.307 e. The lowest BCUT2D eigenvalue weighted by Gasteiger charge is -2.11. The number of carbonyl (C=O) groups excluding carboxylic acids is 1. The summed E-state index contributed by atoms with van der Waals surface area (Å²) in [6, 6.07) is 15.2. The molecule has 0 unspecified atom stereocenters. The van der Waals surface area contributed by atoms with Gasteiger partial charge in [0.15, 0.2) is 0 Å². The molecule has 24 heavy (non-hydrogen) atoms. The zero-order valence-electron chi connectivity index (χ0n) is 13.6. The zero-order valence-corrected chi connectivity index (χ0v) is 14.3. The fraction of sp³-hybridized carbons (Fsp3) is 0.158. The Morgan fingerprint density at radius 2 is 1.83 bits per heavy atom. The molecule has 0 atom stereocenters. The first-order valence-electron chi connectivity index (χ1n) is 7.68. The van der Waals surface area contributed by atoms with Crippen molar-refractivity contribution in [3.05, 3.63) is 82.0 Å². The van der Waals surface area contributed by atoms with Crippen LogP contribution in [0.4, 0.5) is 5.82 Å². The number of hydrogen-bond acceptors (Lipinski definition) is 2. The molecule has 4 nitrogen and oxygen atoms in total. The van der Waals surface area contributed by atoms with Crippen LogP contribution in [0, 0.1) is 13.8 Å². The van der Waals surface area contributed by atoms with Gasteiger partial charge < -0.3 is 5.32 Å². The number of rotatable bonds is 4. The van der Waals surface area contributed by atoms with E-state index in [-0.39, 0.29) is 5.91 Å². The molecule has 0 bridgehead atoms. The third-order valence-electron chi connectivity index (χ3n) is 3.72. The predicted octanol–water partition coefficient (Wildman–Crippen LogP) is 4.45. The lowest BCUT2D eigenvalue weighted by molar-refractivity contribution is 0.102. The van der Waals surface area contributed by atoms with E-state index in [2.05, 4.69) is 10.4 Å². The van der Waals surface area contributed by atoms with Crippen LogP contribution in [0.5, 0.6) is 0 Å². The summed E-state index contributed by atoms with van der Waals surface area (Å²) < 4.78 is 1.72. The van der Waals surface area contributed by atoms with E-state index in [1.807, 2.05) is 56.3 Å². The fourth-order valence-electron chi connectivity index (χ4n) is 2.65. The average Bonchev–Trinajstić information content (AvgIpc) is 2.95. The van der Waals surface area contributed by atoms with Crippen LogP contribution in [0.25, 0.3) is 0 Å². The molecule has 2 aromatic carbocycles. The smallest absolute Gasteiger partial charge is 0.256 e. The van der Waals surface area contributed by atoms with Crippen molar-refractivity contribution in [1.29, 1.82) is 0 Å². The van der Waals surface area contributed by atoms with Crippen molar-refractivity contribution in [3.8, 4) is 0 Å². The standard InChI is InChI=1S/C19H18ClN3O/c1-13-9-14(2)11-16(10-13)19(24)22-18-7-8-21-23(18)12-15-5-3-4-6-17(15)20/h3-11H,12H2,1-2H3,(H,22,24). The van der Waals surface area contributed by atoms with Crippen molar-refractivity contribution in [1.82, 2.24) is 9.78 Å². The fourth-order valence-corrected chi connectivity index (χ4v) is 2.84. The molecule has 3 aromatic rings. The first-order chi connectivity index (χ1) is 11.5. The maximum Gasteiger partial charge on any atom is 0.256 e. The van der Waals surface area contributed by atoms with Crippen molar-refractivity contribution in [2.45, 2.75) is 20.4 Å². The minimum absolute atomic E-state index is 0.150. The number of halogens is 1. The molecule has 0 saturated carbocycles. The summed E-state index contributed by atoms with van der Waals surface area (Å²) in [6.07, 6.45) is 1.66. The number of benzene rings is 2. The second-order valence-electron chi connectivity index (χ2n) is 5.80. The van der Waals surface area contributed by atoms with Gasteiger partial charge in [0.05, 0.1) is 12.7 Å². The summed E-state index contributed by atoms with van der Waals surface area (Å²) in [7, 11) is 0. The van der Waals surface area contributed by atoms with Gasteiger partial charge in [-0.3, -0.25) is 4.79 Å². The maximum absolute atomic E-state index is 12.5. The van der Waals surface area contributed by atoms with Gasteiger partial charge in [0.25, 0.3) is 5.91 Å². The quantitative estimate of drug-likeness (QED) is 0.763. The number of amides is 1. The Hall–Kier alpha value is -2.59. The summed E-state index contributed by atoms with van der Waals surface area (Å²) >= 11 is 6.20. The number of aromatic nitrogens is 2. The highest BCUT2D eigenvalue weighted by Gasteiger charge is 2.11. The molecule has 0 aliphatic carbocycles. The second kappa shape index (κ2) is 6.89. The monoisotopic (exact) mass is 339 g/mol. The van der Waals surface area contributed by atoms with Gasteiger partial charge in [-0.1, -0.05) is 47.0 Å². The van der Waals surface area contributed by atoms with Crippen LogP contribution in [0.2, 0.25) is 5.02 Å². The van der Waals surface area contributed by atoms with Gasteiger partial charge in [-0.05, 0) is 37.6 Å². The molecular weight excluding hydrogens is 322 g/mol. The minimum Gasteiger partial charge on any atom is -0.307 e. The van der Waals surface area contributed by atoms with Crippen molar-refractivity contribution < 1.29 is 4.79 Å². The van der Waals surface area contributed by atoms with Crippen LogP contribution in [-0.2, 0) is 6.54 Å². The molecule has 0 fully saturated rings.